The Labute approximate surface area is 181 Å². The Balaban J connectivity index is 1.59. The first-order valence-electron chi connectivity index (χ1n) is 10.0. The standard InChI is InChI=1S/C25H24FNO4/c1-25(2)24(28)27(23(31-25)22-20(26)10-7-11-21(22)29-3)16-17-12-14-19(15-13-17)30-18-8-5-4-6-9-18/h4-15,23H,16H2,1-3H3. The minimum atomic E-state index is -1.08. The normalized spacial score (nSPS) is 17.6. The van der Waals surface area contributed by atoms with Crippen molar-refractivity contribution in [3.05, 3.63) is 89.7 Å². The highest BCUT2D eigenvalue weighted by Gasteiger charge is 2.48. The van der Waals surface area contributed by atoms with Gasteiger partial charge < -0.3 is 19.1 Å². The zero-order valence-corrected chi connectivity index (χ0v) is 17.7. The van der Waals surface area contributed by atoms with Gasteiger partial charge in [0.25, 0.3) is 5.91 Å². The average molecular weight is 421 g/mol. The van der Waals surface area contributed by atoms with E-state index in [4.69, 9.17) is 14.2 Å². The second kappa shape index (κ2) is 8.40. The van der Waals surface area contributed by atoms with Gasteiger partial charge in [0.2, 0.25) is 0 Å². The monoisotopic (exact) mass is 421 g/mol. The van der Waals surface area contributed by atoms with Crippen LogP contribution in [0.5, 0.6) is 17.2 Å². The Morgan fingerprint density at radius 2 is 1.65 bits per heavy atom. The zero-order valence-electron chi connectivity index (χ0n) is 17.7. The van der Waals surface area contributed by atoms with Crippen LogP contribution in [0.3, 0.4) is 0 Å². The summed E-state index contributed by atoms with van der Waals surface area (Å²) in [6, 6.07) is 21.5. The fraction of sp³-hybridized carbons (Fsp3) is 0.240. The lowest BCUT2D eigenvalue weighted by atomic mass is 10.1. The molecule has 1 saturated heterocycles. The Kier molecular flexibility index (Phi) is 5.65. The molecule has 1 aliphatic heterocycles. The highest BCUT2D eigenvalue weighted by Crippen LogP contribution is 2.42. The van der Waals surface area contributed by atoms with Gasteiger partial charge in [-0.25, -0.2) is 4.39 Å². The van der Waals surface area contributed by atoms with E-state index >= 15 is 0 Å². The summed E-state index contributed by atoms with van der Waals surface area (Å²) in [5.74, 6) is 1.07. The Morgan fingerprint density at radius 1 is 0.968 bits per heavy atom. The van der Waals surface area contributed by atoms with Gasteiger partial charge >= 0.3 is 0 Å². The van der Waals surface area contributed by atoms with Crippen LogP contribution in [0.25, 0.3) is 0 Å². The highest BCUT2D eigenvalue weighted by atomic mass is 19.1. The first-order valence-corrected chi connectivity index (χ1v) is 10.0. The van der Waals surface area contributed by atoms with Crippen LogP contribution in [-0.2, 0) is 16.1 Å². The number of carbonyl (C=O) groups excluding carboxylic acids is 1. The Hall–Kier alpha value is -3.38. The maximum absolute atomic E-state index is 14.7. The summed E-state index contributed by atoms with van der Waals surface area (Å²) in [7, 11) is 1.47. The molecule has 1 aliphatic rings. The van der Waals surface area contributed by atoms with E-state index in [9.17, 15) is 9.18 Å². The Bertz CT molecular complexity index is 1070. The highest BCUT2D eigenvalue weighted by molar-refractivity contribution is 5.86. The van der Waals surface area contributed by atoms with Gasteiger partial charge in [0.15, 0.2) is 6.23 Å². The number of rotatable bonds is 6. The minimum absolute atomic E-state index is 0.215. The first-order chi connectivity index (χ1) is 14.9. The molecule has 0 radical (unpaired) electrons. The van der Waals surface area contributed by atoms with Crippen LogP contribution in [0, 0.1) is 5.82 Å². The number of amides is 1. The SMILES string of the molecule is COc1cccc(F)c1C1OC(C)(C)C(=O)N1Cc1ccc(Oc2ccccc2)cc1. The van der Waals surface area contributed by atoms with Gasteiger partial charge in [-0.05, 0) is 55.8 Å². The maximum atomic E-state index is 14.7. The number of nitrogens with zero attached hydrogens (tertiary/aromatic N) is 1. The molecule has 0 saturated carbocycles. The molecular weight excluding hydrogens is 397 g/mol. The average Bonchev–Trinajstić information content (AvgIpc) is 2.99. The summed E-state index contributed by atoms with van der Waals surface area (Å²) in [6.45, 7) is 3.63. The molecule has 1 heterocycles. The van der Waals surface area contributed by atoms with Gasteiger partial charge in [-0.2, -0.15) is 0 Å². The van der Waals surface area contributed by atoms with Crippen molar-refractivity contribution in [2.45, 2.75) is 32.2 Å². The molecule has 0 aliphatic carbocycles. The summed E-state index contributed by atoms with van der Waals surface area (Å²) in [5, 5.41) is 0. The molecule has 0 spiro atoms. The molecule has 6 heteroatoms. The van der Waals surface area contributed by atoms with Crippen LogP contribution in [0.4, 0.5) is 4.39 Å². The van der Waals surface area contributed by atoms with Gasteiger partial charge in [0, 0.05) is 6.54 Å². The van der Waals surface area contributed by atoms with Crippen LogP contribution in [-0.4, -0.2) is 23.5 Å². The zero-order chi connectivity index (χ0) is 22.0. The van der Waals surface area contributed by atoms with Crippen LogP contribution in [0.1, 0.15) is 31.2 Å². The summed E-state index contributed by atoms with van der Waals surface area (Å²) in [6.07, 6.45) is -0.890. The van der Waals surface area contributed by atoms with E-state index in [2.05, 4.69) is 0 Å². The van der Waals surface area contributed by atoms with Gasteiger partial charge in [-0.1, -0.05) is 36.4 Å². The summed E-state index contributed by atoms with van der Waals surface area (Å²) < 4.78 is 31.9. The molecule has 0 bridgehead atoms. The predicted octanol–water partition coefficient (Wildman–Crippen LogP) is 5.46. The number of halogens is 1. The lowest BCUT2D eigenvalue weighted by Gasteiger charge is -2.25. The molecule has 0 N–H and O–H groups in total. The summed E-state index contributed by atoms with van der Waals surface area (Å²) >= 11 is 0. The van der Waals surface area contributed by atoms with Gasteiger partial charge in [0.05, 0.1) is 12.7 Å². The largest absolute Gasteiger partial charge is 0.496 e. The second-order valence-corrected chi connectivity index (χ2v) is 7.83. The number of carbonyl (C=O) groups is 1. The van der Waals surface area contributed by atoms with Crippen LogP contribution < -0.4 is 9.47 Å². The van der Waals surface area contributed by atoms with Gasteiger partial charge in [0.1, 0.15) is 28.7 Å². The fourth-order valence-corrected chi connectivity index (χ4v) is 3.63. The van der Waals surface area contributed by atoms with Crippen molar-refractivity contribution in [2.75, 3.05) is 7.11 Å². The second-order valence-electron chi connectivity index (χ2n) is 7.83. The molecule has 4 rings (SSSR count). The topological polar surface area (TPSA) is 48.0 Å². The smallest absolute Gasteiger partial charge is 0.256 e. The number of hydrogen-bond donors (Lipinski definition) is 0. The number of benzene rings is 3. The third kappa shape index (κ3) is 4.25. The van der Waals surface area contributed by atoms with Gasteiger partial charge in [-0.15, -0.1) is 0 Å². The Morgan fingerprint density at radius 3 is 2.32 bits per heavy atom. The van der Waals surface area contributed by atoms with E-state index in [1.54, 1.807) is 26.0 Å². The van der Waals surface area contributed by atoms with Crippen molar-refractivity contribution >= 4 is 5.91 Å². The molecule has 1 atom stereocenters. The lowest BCUT2D eigenvalue weighted by molar-refractivity contribution is -0.134. The molecule has 3 aromatic rings. The van der Waals surface area contributed by atoms with Crippen molar-refractivity contribution in [3.63, 3.8) is 0 Å². The molecule has 3 aromatic carbocycles. The minimum Gasteiger partial charge on any atom is -0.496 e. The van der Waals surface area contributed by atoms with Crippen molar-refractivity contribution in [2.24, 2.45) is 0 Å². The van der Waals surface area contributed by atoms with Crippen LogP contribution in [0.2, 0.25) is 0 Å². The summed E-state index contributed by atoms with van der Waals surface area (Å²) in [5.41, 5.74) is 0.0113. The molecule has 0 aromatic heterocycles. The van der Waals surface area contributed by atoms with Crippen molar-refractivity contribution < 1.29 is 23.4 Å². The summed E-state index contributed by atoms with van der Waals surface area (Å²) in [4.78, 5) is 14.6. The fourth-order valence-electron chi connectivity index (χ4n) is 3.63. The van der Waals surface area contributed by atoms with E-state index in [1.165, 1.54) is 18.1 Å². The number of methoxy groups -OCH3 is 1. The van der Waals surface area contributed by atoms with E-state index in [0.717, 1.165) is 11.3 Å². The van der Waals surface area contributed by atoms with E-state index in [1.807, 2.05) is 54.6 Å². The molecule has 1 amide bonds. The van der Waals surface area contributed by atoms with Crippen molar-refractivity contribution in [1.82, 2.24) is 4.90 Å². The van der Waals surface area contributed by atoms with Crippen molar-refractivity contribution in [3.8, 4) is 17.2 Å². The molecular formula is C25H24FNO4. The van der Waals surface area contributed by atoms with Crippen LogP contribution in [0.15, 0.2) is 72.8 Å². The lowest BCUT2D eigenvalue weighted by Crippen LogP contribution is -2.35. The molecule has 1 unspecified atom stereocenters. The molecule has 31 heavy (non-hydrogen) atoms. The van der Waals surface area contributed by atoms with E-state index in [0.29, 0.717) is 11.5 Å². The predicted molar refractivity (Wildman–Crippen MR) is 114 cm³/mol. The quantitative estimate of drug-likeness (QED) is 0.530. The third-order valence-corrected chi connectivity index (χ3v) is 5.20. The molecule has 160 valence electrons. The number of ether oxygens (including phenoxy) is 3. The number of para-hydroxylation sites is 1. The first kappa shape index (κ1) is 20.9. The molecule has 1 fully saturated rings. The van der Waals surface area contributed by atoms with E-state index < -0.39 is 17.6 Å². The maximum Gasteiger partial charge on any atom is 0.256 e. The van der Waals surface area contributed by atoms with E-state index in [-0.39, 0.29) is 18.0 Å². The van der Waals surface area contributed by atoms with Gasteiger partial charge in [-0.3, -0.25) is 4.79 Å². The van der Waals surface area contributed by atoms with Crippen LogP contribution >= 0.6 is 0 Å². The third-order valence-electron chi connectivity index (χ3n) is 5.20. The van der Waals surface area contributed by atoms with Crippen molar-refractivity contribution in [1.29, 1.82) is 0 Å². The molecule has 5 nitrogen and oxygen atoms in total. The number of hydrogen-bond acceptors (Lipinski definition) is 4.